The molecular weight excluding hydrogens is 239 g/mol. The van der Waals surface area contributed by atoms with Crippen LogP contribution in [0.1, 0.15) is 12.6 Å². The number of fused-ring (bicyclic) bond motifs is 1. The summed E-state index contributed by atoms with van der Waals surface area (Å²) in [6.07, 6.45) is 0.507. The maximum absolute atomic E-state index is 13.4. The van der Waals surface area contributed by atoms with Gasteiger partial charge in [0.15, 0.2) is 11.6 Å². The number of aromatic nitrogens is 1. The Kier molecular flexibility index (Phi) is 2.76. The van der Waals surface area contributed by atoms with Crippen molar-refractivity contribution in [3.63, 3.8) is 0 Å². The number of nitrogens with zero attached hydrogens (tertiary/aromatic N) is 1. The number of pyridine rings is 1. The SMILES string of the molecule is CCc1cc(Cl)c2c(F)cc(F)c(F)c2n1. The number of aryl methyl sites for hydroxylation is 1. The first-order valence-corrected chi connectivity index (χ1v) is 5.05. The van der Waals surface area contributed by atoms with Crippen molar-refractivity contribution in [3.8, 4) is 0 Å². The molecule has 0 bridgehead atoms. The number of rotatable bonds is 1. The fourth-order valence-corrected chi connectivity index (χ4v) is 1.80. The summed E-state index contributed by atoms with van der Waals surface area (Å²) in [5.74, 6) is -3.34. The van der Waals surface area contributed by atoms with Crippen molar-refractivity contribution in [2.45, 2.75) is 13.3 Å². The highest BCUT2D eigenvalue weighted by molar-refractivity contribution is 6.35. The Hall–Kier alpha value is -1.29. The van der Waals surface area contributed by atoms with Gasteiger partial charge in [-0.3, -0.25) is 0 Å². The first kappa shape index (κ1) is 11.2. The highest BCUT2D eigenvalue weighted by atomic mass is 35.5. The molecule has 0 amide bonds. The average Bonchev–Trinajstić information content (AvgIpc) is 2.24. The summed E-state index contributed by atoms with van der Waals surface area (Å²) in [4.78, 5) is 3.84. The Morgan fingerprint density at radius 2 is 1.88 bits per heavy atom. The zero-order valence-electron chi connectivity index (χ0n) is 8.32. The summed E-state index contributed by atoms with van der Waals surface area (Å²) >= 11 is 5.80. The molecule has 0 radical (unpaired) electrons. The first-order valence-electron chi connectivity index (χ1n) is 4.67. The standard InChI is InChI=1S/C11H7ClF3N/c1-2-5-3-6(12)9-7(13)4-8(14)10(15)11(9)16-5/h3-4H,2H2,1H3. The molecule has 84 valence electrons. The minimum Gasteiger partial charge on any atom is -0.249 e. The summed E-state index contributed by atoms with van der Waals surface area (Å²) < 4.78 is 39.8. The van der Waals surface area contributed by atoms with Crippen LogP contribution >= 0.6 is 11.6 Å². The predicted octanol–water partition coefficient (Wildman–Crippen LogP) is 3.87. The van der Waals surface area contributed by atoms with Crippen molar-refractivity contribution in [3.05, 3.63) is 40.3 Å². The maximum atomic E-state index is 13.4. The summed E-state index contributed by atoms with van der Waals surface area (Å²) in [6, 6.07) is 1.92. The first-order chi connectivity index (χ1) is 7.54. The molecule has 0 aliphatic carbocycles. The zero-order chi connectivity index (χ0) is 11.9. The van der Waals surface area contributed by atoms with Crippen molar-refractivity contribution in [1.29, 1.82) is 0 Å². The quantitative estimate of drug-likeness (QED) is 0.695. The maximum Gasteiger partial charge on any atom is 0.185 e. The smallest absolute Gasteiger partial charge is 0.185 e. The van der Waals surface area contributed by atoms with Gasteiger partial charge < -0.3 is 0 Å². The highest BCUT2D eigenvalue weighted by Gasteiger charge is 2.16. The van der Waals surface area contributed by atoms with Crippen LogP contribution in [0.2, 0.25) is 5.02 Å². The van der Waals surface area contributed by atoms with E-state index in [4.69, 9.17) is 11.6 Å². The van der Waals surface area contributed by atoms with E-state index in [1.165, 1.54) is 6.07 Å². The van der Waals surface area contributed by atoms with Crippen LogP contribution in [0.5, 0.6) is 0 Å². The van der Waals surface area contributed by atoms with Gasteiger partial charge in [-0.25, -0.2) is 18.2 Å². The van der Waals surface area contributed by atoms with Crippen molar-refractivity contribution in [2.75, 3.05) is 0 Å². The second-order valence-electron chi connectivity index (χ2n) is 3.33. The number of halogens is 4. The normalized spacial score (nSPS) is 11.1. The van der Waals surface area contributed by atoms with Gasteiger partial charge in [-0.1, -0.05) is 18.5 Å². The third kappa shape index (κ3) is 1.63. The third-order valence-corrected chi connectivity index (χ3v) is 2.59. The van der Waals surface area contributed by atoms with E-state index in [1.54, 1.807) is 6.92 Å². The van der Waals surface area contributed by atoms with E-state index in [-0.39, 0.29) is 15.9 Å². The van der Waals surface area contributed by atoms with E-state index >= 15 is 0 Å². The van der Waals surface area contributed by atoms with Gasteiger partial charge in [0.1, 0.15) is 11.3 Å². The molecule has 0 aliphatic heterocycles. The minimum absolute atomic E-state index is 0.0400. The lowest BCUT2D eigenvalue weighted by Gasteiger charge is -2.06. The Labute approximate surface area is 94.9 Å². The van der Waals surface area contributed by atoms with Crippen molar-refractivity contribution >= 4 is 22.5 Å². The molecule has 0 saturated heterocycles. The van der Waals surface area contributed by atoms with Gasteiger partial charge in [0.05, 0.1) is 10.4 Å². The molecule has 0 atom stereocenters. The van der Waals surface area contributed by atoms with E-state index in [0.717, 1.165) is 0 Å². The van der Waals surface area contributed by atoms with Gasteiger partial charge in [0.25, 0.3) is 0 Å². The van der Waals surface area contributed by atoms with Gasteiger partial charge in [0.2, 0.25) is 0 Å². The summed E-state index contributed by atoms with van der Waals surface area (Å²) in [7, 11) is 0. The van der Waals surface area contributed by atoms with Gasteiger partial charge in [-0.15, -0.1) is 0 Å². The van der Waals surface area contributed by atoms with E-state index in [0.29, 0.717) is 18.2 Å². The van der Waals surface area contributed by atoms with E-state index in [2.05, 4.69) is 4.98 Å². The lowest BCUT2D eigenvalue weighted by molar-refractivity contribution is 0.504. The van der Waals surface area contributed by atoms with Crippen LogP contribution in [0.25, 0.3) is 10.9 Å². The largest absolute Gasteiger partial charge is 0.249 e. The molecule has 0 N–H and O–H groups in total. The van der Waals surface area contributed by atoms with E-state index in [1.807, 2.05) is 0 Å². The van der Waals surface area contributed by atoms with Gasteiger partial charge >= 0.3 is 0 Å². The third-order valence-electron chi connectivity index (χ3n) is 2.30. The molecule has 1 heterocycles. The van der Waals surface area contributed by atoms with Crippen molar-refractivity contribution in [1.82, 2.24) is 4.98 Å². The molecule has 0 spiro atoms. The Bertz CT molecular complexity index is 569. The van der Waals surface area contributed by atoms with Crippen LogP contribution in [0.3, 0.4) is 0 Å². The number of hydrogen-bond acceptors (Lipinski definition) is 1. The molecule has 16 heavy (non-hydrogen) atoms. The fraction of sp³-hybridized carbons (Fsp3) is 0.182. The molecular formula is C11H7ClF3N. The molecule has 0 unspecified atom stereocenters. The van der Waals surface area contributed by atoms with Crippen molar-refractivity contribution < 1.29 is 13.2 Å². The Morgan fingerprint density at radius 1 is 1.19 bits per heavy atom. The van der Waals surface area contributed by atoms with Crippen LogP contribution in [0.15, 0.2) is 12.1 Å². The molecule has 1 aromatic heterocycles. The number of benzene rings is 1. The molecule has 2 rings (SSSR count). The van der Waals surface area contributed by atoms with Crippen LogP contribution in [-0.2, 0) is 6.42 Å². The molecule has 0 saturated carbocycles. The lowest BCUT2D eigenvalue weighted by Crippen LogP contribution is -1.97. The average molecular weight is 246 g/mol. The predicted molar refractivity (Wildman–Crippen MR) is 56.0 cm³/mol. The van der Waals surface area contributed by atoms with E-state index < -0.39 is 17.5 Å². The molecule has 0 aliphatic rings. The van der Waals surface area contributed by atoms with Crippen LogP contribution in [0, 0.1) is 17.5 Å². The lowest BCUT2D eigenvalue weighted by atomic mass is 10.1. The topological polar surface area (TPSA) is 12.9 Å². The van der Waals surface area contributed by atoms with Gasteiger partial charge in [-0.05, 0) is 12.5 Å². The summed E-state index contributed by atoms with van der Waals surface area (Å²) in [5.41, 5.74) is 0.128. The number of hydrogen-bond donors (Lipinski definition) is 0. The second kappa shape index (κ2) is 3.94. The summed E-state index contributed by atoms with van der Waals surface area (Å²) in [6.45, 7) is 1.79. The van der Waals surface area contributed by atoms with Gasteiger partial charge in [-0.2, -0.15) is 0 Å². The highest BCUT2D eigenvalue weighted by Crippen LogP contribution is 2.29. The minimum atomic E-state index is -1.26. The monoisotopic (exact) mass is 245 g/mol. The Balaban J connectivity index is 2.94. The molecule has 1 aromatic carbocycles. The molecule has 5 heteroatoms. The zero-order valence-corrected chi connectivity index (χ0v) is 9.08. The fourth-order valence-electron chi connectivity index (χ4n) is 1.49. The van der Waals surface area contributed by atoms with Crippen LogP contribution in [-0.4, -0.2) is 4.98 Å². The molecule has 0 fully saturated rings. The Morgan fingerprint density at radius 3 is 2.50 bits per heavy atom. The van der Waals surface area contributed by atoms with Crippen LogP contribution in [0.4, 0.5) is 13.2 Å². The van der Waals surface area contributed by atoms with E-state index in [9.17, 15) is 13.2 Å². The van der Waals surface area contributed by atoms with Crippen molar-refractivity contribution in [2.24, 2.45) is 0 Å². The molecule has 1 nitrogen and oxygen atoms in total. The second-order valence-corrected chi connectivity index (χ2v) is 3.73. The van der Waals surface area contributed by atoms with Gasteiger partial charge in [0, 0.05) is 11.8 Å². The molecule has 2 aromatic rings. The van der Waals surface area contributed by atoms with Crippen LogP contribution < -0.4 is 0 Å². The summed E-state index contributed by atoms with van der Waals surface area (Å²) in [5, 5.41) is -0.143.